The average molecular weight is 462 g/mol. The van der Waals surface area contributed by atoms with Crippen LogP contribution in [0.4, 0.5) is 0 Å². The van der Waals surface area contributed by atoms with E-state index in [4.69, 9.17) is 4.52 Å². The standard InChI is InChI=1S/C20H20BrN3O3S/c1-14-5-2-3-7-18(14)19-22-20(27-23-19)15-6-4-12-24(13-15)28(25,26)17-10-8-16(21)9-11-17/h2-3,5,7-11,15H,4,6,12-13H2,1H3/t15-/m1/s1. The van der Waals surface area contributed by atoms with Gasteiger partial charge in [-0.25, -0.2) is 8.42 Å². The number of benzene rings is 2. The Kier molecular flexibility index (Phi) is 5.35. The van der Waals surface area contributed by atoms with Crippen LogP contribution in [0.5, 0.6) is 0 Å². The minimum Gasteiger partial charge on any atom is -0.339 e. The molecule has 2 aromatic carbocycles. The van der Waals surface area contributed by atoms with Crippen LogP contribution in [0.25, 0.3) is 11.4 Å². The lowest BCUT2D eigenvalue weighted by atomic mass is 10.00. The molecule has 0 bridgehead atoms. The maximum Gasteiger partial charge on any atom is 0.243 e. The predicted molar refractivity (Wildman–Crippen MR) is 109 cm³/mol. The minimum absolute atomic E-state index is 0.107. The number of hydrogen-bond donors (Lipinski definition) is 0. The van der Waals surface area contributed by atoms with Crippen LogP contribution in [0.3, 0.4) is 0 Å². The highest BCUT2D eigenvalue weighted by atomic mass is 79.9. The van der Waals surface area contributed by atoms with E-state index in [9.17, 15) is 8.42 Å². The molecule has 1 aromatic heterocycles. The first-order valence-electron chi connectivity index (χ1n) is 9.10. The first-order valence-corrected chi connectivity index (χ1v) is 11.3. The van der Waals surface area contributed by atoms with Crippen molar-refractivity contribution in [3.05, 3.63) is 64.5 Å². The molecule has 0 N–H and O–H groups in total. The summed E-state index contributed by atoms with van der Waals surface area (Å²) < 4.78 is 33.8. The summed E-state index contributed by atoms with van der Waals surface area (Å²) in [7, 11) is -3.55. The third-order valence-electron chi connectivity index (χ3n) is 5.01. The Balaban J connectivity index is 1.56. The highest BCUT2D eigenvalue weighted by molar-refractivity contribution is 9.10. The van der Waals surface area contributed by atoms with Crippen molar-refractivity contribution in [3.63, 3.8) is 0 Å². The Hall–Kier alpha value is -2.03. The lowest BCUT2D eigenvalue weighted by Crippen LogP contribution is -2.39. The normalized spacial score (nSPS) is 18.3. The number of sulfonamides is 1. The number of nitrogens with zero attached hydrogens (tertiary/aromatic N) is 3. The smallest absolute Gasteiger partial charge is 0.243 e. The second-order valence-electron chi connectivity index (χ2n) is 6.93. The van der Waals surface area contributed by atoms with Gasteiger partial charge in [0.25, 0.3) is 0 Å². The van der Waals surface area contributed by atoms with Crippen molar-refractivity contribution in [1.82, 2.24) is 14.4 Å². The van der Waals surface area contributed by atoms with Crippen molar-refractivity contribution in [3.8, 4) is 11.4 Å². The summed E-state index contributed by atoms with van der Waals surface area (Å²) in [6, 6.07) is 14.6. The molecule has 8 heteroatoms. The molecule has 2 heterocycles. The summed E-state index contributed by atoms with van der Waals surface area (Å²) in [6.07, 6.45) is 1.57. The zero-order valence-corrected chi connectivity index (χ0v) is 17.8. The van der Waals surface area contributed by atoms with Gasteiger partial charge in [-0.15, -0.1) is 0 Å². The highest BCUT2D eigenvalue weighted by Crippen LogP contribution is 2.31. The van der Waals surface area contributed by atoms with Gasteiger partial charge >= 0.3 is 0 Å². The predicted octanol–water partition coefficient (Wildman–Crippen LogP) is 4.38. The van der Waals surface area contributed by atoms with E-state index in [-0.39, 0.29) is 5.92 Å². The van der Waals surface area contributed by atoms with Crippen molar-refractivity contribution < 1.29 is 12.9 Å². The first kappa shape index (κ1) is 19.3. The zero-order valence-electron chi connectivity index (χ0n) is 15.4. The van der Waals surface area contributed by atoms with Crippen LogP contribution in [-0.4, -0.2) is 36.0 Å². The number of aryl methyl sites for hydroxylation is 1. The van der Waals surface area contributed by atoms with Gasteiger partial charge in [-0.2, -0.15) is 9.29 Å². The number of piperidine rings is 1. The second-order valence-corrected chi connectivity index (χ2v) is 9.78. The molecule has 28 heavy (non-hydrogen) atoms. The highest BCUT2D eigenvalue weighted by Gasteiger charge is 2.33. The van der Waals surface area contributed by atoms with E-state index in [1.165, 1.54) is 4.31 Å². The van der Waals surface area contributed by atoms with Gasteiger partial charge in [0.2, 0.25) is 21.7 Å². The fourth-order valence-electron chi connectivity index (χ4n) is 3.45. The third-order valence-corrected chi connectivity index (χ3v) is 7.42. The summed E-state index contributed by atoms with van der Waals surface area (Å²) in [5.74, 6) is 0.930. The molecular formula is C20H20BrN3O3S. The molecule has 1 saturated heterocycles. The first-order chi connectivity index (χ1) is 13.4. The minimum atomic E-state index is -3.55. The Morgan fingerprint density at radius 3 is 2.64 bits per heavy atom. The third kappa shape index (κ3) is 3.76. The van der Waals surface area contributed by atoms with Crippen LogP contribution in [0, 0.1) is 6.92 Å². The fraction of sp³-hybridized carbons (Fsp3) is 0.300. The molecule has 1 atom stereocenters. The maximum absolute atomic E-state index is 13.0. The van der Waals surface area contributed by atoms with E-state index < -0.39 is 10.0 Å². The van der Waals surface area contributed by atoms with Crippen molar-refractivity contribution in [2.45, 2.75) is 30.6 Å². The van der Waals surface area contributed by atoms with E-state index in [1.54, 1.807) is 24.3 Å². The molecule has 0 amide bonds. The summed E-state index contributed by atoms with van der Waals surface area (Å²) in [5, 5.41) is 4.12. The Bertz CT molecular complexity index is 1080. The van der Waals surface area contributed by atoms with E-state index in [0.29, 0.717) is 29.7 Å². The molecule has 0 saturated carbocycles. The molecule has 1 aliphatic rings. The van der Waals surface area contributed by atoms with Gasteiger partial charge in [-0.3, -0.25) is 0 Å². The second kappa shape index (κ2) is 7.77. The van der Waals surface area contributed by atoms with Crippen molar-refractivity contribution in [1.29, 1.82) is 0 Å². The molecule has 4 rings (SSSR count). The number of halogens is 1. The summed E-state index contributed by atoms with van der Waals surface area (Å²) in [5.41, 5.74) is 1.99. The Morgan fingerprint density at radius 2 is 1.89 bits per heavy atom. The van der Waals surface area contributed by atoms with Gasteiger partial charge in [0, 0.05) is 23.1 Å². The molecule has 0 unspecified atom stereocenters. The zero-order chi connectivity index (χ0) is 19.7. The van der Waals surface area contributed by atoms with Crippen molar-refractivity contribution in [2.75, 3.05) is 13.1 Å². The summed E-state index contributed by atoms with van der Waals surface area (Å²) in [4.78, 5) is 4.85. The van der Waals surface area contributed by atoms with Crippen LogP contribution in [0.15, 0.2) is 62.4 Å². The van der Waals surface area contributed by atoms with Gasteiger partial charge in [-0.1, -0.05) is 45.4 Å². The molecule has 146 valence electrons. The average Bonchev–Trinajstić information content (AvgIpc) is 3.19. The monoisotopic (exact) mass is 461 g/mol. The lowest BCUT2D eigenvalue weighted by Gasteiger charge is -2.30. The molecule has 0 radical (unpaired) electrons. The van der Waals surface area contributed by atoms with Crippen LogP contribution >= 0.6 is 15.9 Å². The van der Waals surface area contributed by atoms with Crippen LogP contribution in [0.1, 0.15) is 30.2 Å². The molecule has 0 spiro atoms. The van der Waals surface area contributed by atoms with Crippen LogP contribution < -0.4 is 0 Å². The number of aromatic nitrogens is 2. The molecule has 0 aliphatic carbocycles. The maximum atomic E-state index is 13.0. The molecule has 3 aromatic rings. The number of hydrogen-bond acceptors (Lipinski definition) is 5. The fourth-order valence-corrected chi connectivity index (χ4v) is 5.24. The summed E-state index contributed by atoms with van der Waals surface area (Å²) >= 11 is 3.34. The quantitative estimate of drug-likeness (QED) is 0.576. The Labute approximate surface area is 172 Å². The molecule has 1 aliphatic heterocycles. The van der Waals surface area contributed by atoms with E-state index >= 15 is 0 Å². The van der Waals surface area contributed by atoms with Gasteiger partial charge in [-0.05, 0) is 49.6 Å². The van der Waals surface area contributed by atoms with E-state index in [2.05, 4.69) is 26.1 Å². The van der Waals surface area contributed by atoms with E-state index in [1.807, 2.05) is 31.2 Å². The van der Waals surface area contributed by atoms with Crippen LogP contribution in [0.2, 0.25) is 0 Å². The van der Waals surface area contributed by atoms with E-state index in [0.717, 1.165) is 28.4 Å². The molecular weight excluding hydrogens is 442 g/mol. The SMILES string of the molecule is Cc1ccccc1-c1noc([C@@H]2CCCN(S(=O)(=O)c3ccc(Br)cc3)C2)n1. The lowest BCUT2D eigenvalue weighted by molar-refractivity contribution is 0.265. The van der Waals surface area contributed by atoms with Crippen molar-refractivity contribution in [2.24, 2.45) is 0 Å². The van der Waals surface area contributed by atoms with Gasteiger partial charge in [0.05, 0.1) is 10.8 Å². The molecule has 6 nitrogen and oxygen atoms in total. The van der Waals surface area contributed by atoms with Gasteiger partial charge < -0.3 is 4.52 Å². The Morgan fingerprint density at radius 1 is 1.14 bits per heavy atom. The van der Waals surface area contributed by atoms with Crippen LogP contribution in [-0.2, 0) is 10.0 Å². The molecule has 1 fully saturated rings. The topological polar surface area (TPSA) is 76.3 Å². The largest absolute Gasteiger partial charge is 0.339 e. The van der Waals surface area contributed by atoms with Gasteiger partial charge in [0.1, 0.15) is 0 Å². The van der Waals surface area contributed by atoms with Gasteiger partial charge in [0.15, 0.2) is 0 Å². The summed E-state index contributed by atoms with van der Waals surface area (Å²) in [6.45, 7) is 2.83. The number of rotatable bonds is 4. The van der Waals surface area contributed by atoms with Crippen molar-refractivity contribution >= 4 is 26.0 Å².